The van der Waals surface area contributed by atoms with Gasteiger partial charge >= 0.3 is 53.4 Å². The first kappa shape index (κ1) is 52.7. The molecule has 0 radical (unpaired) electrons. The number of carboxylic acids is 1. The van der Waals surface area contributed by atoms with E-state index in [1.54, 1.807) is 30.3 Å². The van der Waals surface area contributed by atoms with E-state index in [9.17, 15) is 74.6 Å². The van der Waals surface area contributed by atoms with Crippen molar-refractivity contribution in [3.8, 4) is 0 Å². The predicted octanol–water partition coefficient (Wildman–Crippen LogP) is -1.94. The summed E-state index contributed by atoms with van der Waals surface area (Å²) in [6.07, 6.45) is -13.2. The van der Waals surface area contributed by atoms with Gasteiger partial charge in [0.2, 0.25) is 26.2 Å². The van der Waals surface area contributed by atoms with Gasteiger partial charge in [0.25, 0.3) is 0 Å². The molecule has 5 atom stereocenters. The molecule has 1 saturated heterocycles. The number of aliphatic hydroxyl groups excluding tert-OH is 1. The first-order valence-electron chi connectivity index (χ1n) is 16.8. The first-order chi connectivity index (χ1) is 27.7. The van der Waals surface area contributed by atoms with E-state index in [1.165, 1.54) is 6.07 Å². The number of nitro groups is 4. The molecular formula is C32H34Cl2N5NaO20. The molecule has 0 aliphatic carbocycles. The molecule has 2 N–H and O–H groups in total. The third kappa shape index (κ3) is 18.3. The number of nitrogens with zero attached hydrogens (tertiary/aromatic N) is 4. The standard InChI is InChI=1S/C18H24N4O18.C14H11Cl2NO2.Na/c23-11(1-5-19(28)29)36-9-10-15(38-12(24)2-6-20(30)31)16(39-13(25)3-7-21(32)33)17(18(27)37-10)40-14(26)4-8-22(34)35;1-8-6-7-10(15)13(12(8)16)17-11-5-3-2-4-9(11)14(18)19;/h10,15-18,27H,1-9H2;2-7,17H,1H3,(H,18,19);/q;;+1/p-1. The number of carboxylic acid groups (broad SMARTS) is 1. The van der Waals surface area contributed by atoms with Gasteiger partial charge in [-0.15, -0.1) is 0 Å². The van der Waals surface area contributed by atoms with Gasteiger partial charge in [-0.05, 0) is 24.6 Å². The monoisotopic (exact) mass is 901 g/mol. The number of para-hydroxylation sites is 1. The Morgan fingerprint density at radius 3 is 1.65 bits per heavy atom. The number of aliphatic hydroxyl groups is 1. The Bertz CT molecular complexity index is 1910. The largest absolute Gasteiger partial charge is 1.00 e. The van der Waals surface area contributed by atoms with Crippen LogP contribution >= 0.6 is 23.2 Å². The minimum atomic E-state index is -2.22. The van der Waals surface area contributed by atoms with Gasteiger partial charge in [-0.2, -0.15) is 0 Å². The number of aryl methyl sites for hydroxylation is 1. The number of carbonyl (C=O) groups excluding carboxylic acids is 5. The second kappa shape index (κ2) is 26.0. The fraction of sp³-hybridized carbons (Fsp3) is 0.469. The fourth-order valence-electron chi connectivity index (χ4n) is 4.72. The number of hydrogen-bond donors (Lipinski definition) is 2. The maximum atomic E-state index is 12.3. The van der Waals surface area contributed by atoms with Crippen molar-refractivity contribution in [1.82, 2.24) is 0 Å². The molecule has 1 aliphatic rings. The van der Waals surface area contributed by atoms with Crippen LogP contribution in [0.15, 0.2) is 36.4 Å². The Hall–Kier alpha value is -5.31. The Morgan fingerprint density at radius 1 is 0.717 bits per heavy atom. The van der Waals surface area contributed by atoms with Gasteiger partial charge in [0.15, 0.2) is 24.6 Å². The minimum Gasteiger partial charge on any atom is -0.545 e. The molecule has 3 rings (SSSR count). The predicted molar refractivity (Wildman–Crippen MR) is 193 cm³/mol. The molecule has 5 unspecified atom stereocenters. The summed E-state index contributed by atoms with van der Waals surface area (Å²) in [6.45, 7) is -2.62. The molecule has 1 aliphatic heterocycles. The van der Waals surface area contributed by atoms with Gasteiger partial charge in [-0.25, -0.2) is 0 Å². The number of nitrogens with one attached hydrogen (secondary N) is 1. The van der Waals surface area contributed by atoms with Crippen LogP contribution in [0, 0.1) is 47.4 Å². The molecule has 1 heterocycles. The molecule has 0 spiro atoms. The number of ether oxygens (including phenoxy) is 5. The number of anilines is 2. The van der Waals surface area contributed by atoms with Gasteiger partial charge in [0.1, 0.15) is 38.4 Å². The number of hydrogen-bond acceptors (Lipinski definition) is 21. The van der Waals surface area contributed by atoms with Crippen LogP contribution in [-0.2, 0) is 42.9 Å². The second-order valence-corrected chi connectivity index (χ2v) is 12.6. The van der Waals surface area contributed by atoms with Gasteiger partial charge < -0.3 is 44.0 Å². The Kier molecular flexibility index (Phi) is 22.9. The molecule has 322 valence electrons. The van der Waals surface area contributed by atoms with E-state index in [0.29, 0.717) is 21.4 Å². The average molecular weight is 903 g/mol. The summed E-state index contributed by atoms with van der Waals surface area (Å²) in [6, 6.07) is 9.91. The molecule has 0 amide bonds. The van der Waals surface area contributed by atoms with Crippen molar-refractivity contribution in [1.29, 1.82) is 0 Å². The van der Waals surface area contributed by atoms with Crippen molar-refractivity contribution in [2.24, 2.45) is 0 Å². The second-order valence-electron chi connectivity index (χ2n) is 11.8. The molecule has 1 fully saturated rings. The van der Waals surface area contributed by atoms with Crippen molar-refractivity contribution >= 4 is 64.4 Å². The molecule has 60 heavy (non-hydrogen) atoms. The Labute approximate surface area is 369 Å². The molecule has 0 bridgehead atoms. The van der Waals surface area contributed by atoms with Crippen LogP contribution in [0.3, 0.4) is 0 Å². The maximum absolute atomic E-state index is 12.3. The number of esters is 4. The smallest absolute Gasteiger partial charge is 0.545 e. The molecule has 0 saturated carbocycles. The summed E-state index contributed by atoms with van der Waals surface area (Å²) in [4.78, 5) is 98.3. The van der Waals surface area contributed by atoms with Crippen molar-refractivity contribution < 1.29 is 107 Å². The first-order valence-corrected chi connectivity index (χ1v) is 17.5. The van der Waals surface area contributed by atoms with Gasteiger partial charge in [-0.1, -0.05) is 47.5 Å². The van der Waals surface area contributed by atoms with E-state index >= 15 is 0 Å². The van der Waals surface area contributed by atoms with E-state index in [-0.39, 0.29) is 35.1 Å². The van der Waals surface area contributed by atoms with Gasteiger partial charge in [-0.3, -0.25) is 59.6 Å². The zero-order valence-corrected chi connectivity index (χ0v) is 35.0. The topological polar surface area (TPSA) is 359 Å². The van der Waals surface area contributed by atoms with E-state index in [2.05, 4.69) is 5.32 Å². The number of halogens is 2. The summed E-state index contributed by atoms with van der Waals surface area (Å²) < 4.78 is 25.1. The van der Waals surface area contributed by atoms with Crippen LogP contribution in [0.25, 0.3) is 0 Å². The minimum absolute atomic E-state index is 0. The number of benzene rings is 2. The maximum Gasteiger partial charge on any atom is 1.00 e. The zero-order chi connectivity index (χ0) is 44.4. The van der Waals surface area contributed by atoms with E-state index < -0.39 is 139 Å². The number of aromatic carboxylic acids is 1. The molecule has 0 aromatic heterocycles. The molecular weight excluding hydrogens is 868 g/mol. The normalized spacial score (nSPS) is 17.8. The van der Waals surface area contributed by atoms with Crippen LogP contribution in [0.2, 0.25) is 10.0 Å². The molecule has 2 aromatic carbocycles. The summed E-state index contributed by atoms with van der Waals surface area (Å²) >= 11 is 12.2. The van der Waals surface area contributed by atoms with Crippen LogP contribution in [0.5, 0.6) is 0 Å². The third-order valence-corrected chi connectivity index (χ3v) is 8.31. The van der Waals surface area contributed by atoms with Crippen molar-refractivity contribution in [3.63, 3.8) is 0 Å². The fourth-order valence-corrected chi connectivity index (χ4v) is 5.18. The van der Waals surface area contributed by atoms with Crippen LogP contribution in [0.4, 0.5) is 11.4 Å². The summed E-state index contributed by atoms with van der Waals surface area (Å²) in [5.74, 6) is -6.32. The molecule has 2 aromatic rings. The molecule has 28 heteroatoms. The van der Waals surface area contributed by atoms with E-state index in [0.717, 1.165) is 5.56 Å². The quantitative estimate of drug-likeness (QED) is 0.0480. The number of rotatable bonds is 20. The van der Waals surface area contributed by atoms with E-state index in [1.807, 2.05) is 6.92 Å². The van der Waals surface area contributed by atoms with Gasteiger partial charge in [0, 0.05) is 30.9 Å². The average Bonchev–Trinajstić information content (AvgIpc) is 3.16. The SMILES string of the molecule is Cc1ccc(Cl)c(Nc2ccccc2C(=O)[O-])c1Cl.O=C(CC[N+](=O)[O-])OCC1OC(O)C(OC(=O)CC[N+](=O)[O-])C(OC(=O)CC[N+](=O)[O-])C1OC(=O)CC[N+](=O)[O-].[Na+]. The van der Waals surface area contributed by atoms with Crippen LogP contribution < -0.4 is 40.0 Å². The Balaban J connectivity index is 0.000000746. The van der Waals surface area contributed by atoms with Crippen molar-refractivity contribution in [2.75, 3.05) is 38.1 Å². The van der Waals surface area contributed by atoms with Crippen LogP contribution in [-0.4, -0.2) is 118 Å². The summed E-state index contributed by atoms with van der Waals surface area (Å²) in [7, 11) is 0. The van der Waals surface area contributed by atoms with E-state index in [4.69, 9.17) is 46.9 Å². The van der Waals surface area contributed by atoms with Gasteiger partial charge in [0.05, 0.1) is 21.7 Å². The van der Waals surface area contributed by atoms with Crippen molar-refractivity contribution in [3.05, 3.63) is 98.0 Å². The molecule has 25 nitrogen and oxygen atoms in total. The number of carbonyl (C=O) groups is 5. The van der Waals surface area contributed by atoms with Crippen LogP contribution in [0.1, 0.15) is 41.6 Å². The summed E-state index contributed by atoms with van der Waals surface area (Å²) in [5, 5.41) is 67.5. The van der Waals surface area contributed by atoms with Crippen molar-refractivity contribution in [2.45, 2.75) is 63.3 Å². The third-order valence-electron chi connectivity index (χ3n) is 7.51. The summed E-state index contributed by atoms with van der Waals surface area (Å²) in [5.41, 5.74) is 1.77. The Morgan fingerprint density at radius 2 is 1.17 bits per heavy atom. The zero-order valence-electron chi connectivity index (χ0n) is 31.5.